The fourth-order valence-electron chi connectivity index (χ4n) is 5.05. The average Bonchev–Trinajstić information content (AvgIpc) is 3.43. The number of rotatable bonds is 7. The van der Waals surface area contributed by atoms with Crippen LogP contribution in [0.3, 0.4) is 0 Å². The number of benzene rings is 1. The van der Waals surface area contributed by atoms with Gasteiger partial charge in [0.25, 0.3) is 5.91 Å². The summed E-state index contributed by atoms with van der Waals surface area (Å²) >= 11 is 0. The lowest BCUT2D eigenvalue weighted by Crippen LogP contribution is -2.42. The van der Waals surface area contributed by atoms with Gasteiger partial charge < -0.3 is 19.5 Å². The second kappa shape index (κ2) is 9.97. The maximum absolute atomic E-state index is 13.4. The van der Waals surface area contributed by atoms with Crippen LogP contribution in [0.1, 0.15) is 34.6 Å². The Labute approximate surface area is 221 Å². The lowest BCUT2D eigenvalue weighted by atomic mass is 10.0. The van der Waals surface area contributed by atoms with Crippen molar-refractivity contribution >= 4 is 44.0 Å². The zero-order valence-electron chi connectivity index (χ0n) is 22.3. The predicted octanol–water partition coefficient (Wildman–Crippen LogP) is 1.76. The van der Waals surface area contributed by atoms with Crippen molar-refractivity contribution in [2.24, 2.45) is 7.05 Å². The van der Waals surface area contributed by atoms with Gasteiger partial charge >= 0.3 is 0 Å². The van der Waals surface area contributed by atoms with Crippen molar-refractivity contribution in [2.75, 3.05) is 43.7 Å². The van der Waals surface area contributed by atoms with E-state index >= 15 is 0 Å². The van der Waals surface area contributed by atoms with E-state index in [-0.39, 0.29) is 12.5 Å². The molecule has 12 nitrogen and oxygen atoms in total. The van der Waals surface area contributed by atoms with Crippen molar-refractivity contribution in [1.82, 2.24) is 33.8 Å². The summed E-state index contributed by atoms with van der Waals surface area (Å²) in [6.07, 6.45) is 8.67. The lowest BCUT2D eigenvalue weighted by Gasteiger charge is -2.36. The van der Waals surface area contributed by atoms with Crippen LogP contribution in [0.15, 0.2) is 30.7 Å². The van der Waals surface area contributed by atoms with E-state index in [1.54, 1.807) is 21.5 Å². The monoisotopic (exact) mass is 539 g/mol. The summed E-state index contributed by atoms with van der Waals surface area (Å²) in [4.78, 5) is 27.0. The highest BCUT2D eigenvalue weighted by Crippen LogP contribution is 2.31. The first-order chi connectivity index (χ1) is 18.0. The Bertz CT molecular complexity index is 1620. The Morgan fingerprint density at radius 1 is 1.13 bits per heavy atom. The molecule has 38 heavy (non-hydrogen) atoms. The normalized spacial score (nSPS) is 15.2. The van der Waals surface area contributed by atoms with Gasteiger partial charge in [0.1, 0.15) is 5.52 Å². The van der Waals surface area contributed by atoms with E-state index in [2.05, 4.69) is 49.0 Å². The maximum Gasteiger partial charge on any atom is 0.259 e. The average molecular weight is 540 g/mol. The highest BCUT2D eigenvalue weighted by molar-refractivity contribution is 7.88. The molecule has 1 saturated heterocycles. The smallest absolute Gasteiger partial charge is 0.259 e. The van der Waals surface area contributed by atoms with Crippen LogP contribution in [0.4, 0.5) is 11.5 Å². The molecule has 3 aromatic heterocycles. The first kappa shape index (κ1) is 26.1. The quantitative estimate of drug-likeness (QED) is 0.363. The number of anilines is 2. The molecule has 2 N–H and O–H groups in total. The van der Waals surface area contributed by atoms with Crippen LogP contribution in [-0.4, -0.2) is 82.9 Å². The van der Waals surface area contributed by atoms with Gasteiger partial charge in [0, 0.05) is 49.6 Å². The number of aryl methyl sites for hydroxylation is 2. The number of aromatic nitrogens is 5. The van der Waals surface area contributed by atoms with E-state index in [0.29, 0.717) is 40.0 Å². The summed E-state index contributed by atoms with van der Waals surface area (Å²) in [5, 5.41) is 8.43. The van der Waals surface area contributed by atoms with Crippen LogP contribution < -0.4 is 14.9 Å². The summed E-state index contributed by atoms with van der Waals surface area (Å²) in [5.41, 5.74) is 3.79. The van der Waals surface area contributed by atoms with Crippen LogP contribution in [0.25, 0.3) is 16.6 Å². The first-order valence-corrected chi connectivity index (χ1v) is 14.4. The molecule has 1 amide bonds. The van der Waals surface area contributed by atoms with E-state index in [9.17, 15) is 13.2 Å². The van der Waals surface area contributed by atoms with Gasteiger partial charge in [-0.05, 0) is 46.0 Å². The molecule has 4 aromatic rings. The Hall–Kier alpha value is -3.55. The number of hydrogen-bond acceptors (Lipinski definition) is 8. The minimum Gasteiger partial charge on any atom is -0.371 e. The van der Waals surface area contributed by atoms with E-state index in [1.807, 2.05) is 32.3 Å². The molecule has 0 bridgehead atoms. The van der Waals surface area contributed by atoms with Crippen LogP contribution in [0.2, 0.25) is 0 Å². The Morgan fingerprint density at radius 3 is 2.55 bits per heavy atom. The third-order valence-corrected chi connectivity index (χ3v) is 7.59. The molecule has 0 radical (unpaired) electrons. The fourth-order valence-corrected chi connectivity index (χ4v) is 5.45. The van der Waals surface area contributed by atoms with Gasteiger partial charge in [0.2, 0.25) is 10.0 Å². The first-order valence-electron chi connectivity index (χ1n) is 12.5. The molecule has 202 valence electrons. The van der Waals surface area contributed by atoms with Gasteiger partial charge in [-0.1, -0.05) is 0 Å². The number of sulfonamides is 1. The molecule has 0 atom stereocenters. The van der Waals surface area contributed by atoms with Crippen LogP contribution in [0, 0.1) is 6.92 Å². The zero-order valence-corrected chi connectivity index (χ0v) is 23.1. The Balaban J connectivity index is 1.41. The summed E-state index contributed by atoms with van der Waals surface area (Å²) in [5.74, 6) is 0.0115. The van der Waals surface area contributed by atoms with E-state index < -0.39 is 10.0 Å². The molecular weight excluding hydrogens is 506 g/mol. The Morgan fingerprint density at radius 2 is 1.87 bits per heavy atom. The molecule has 13 heteroatoms. The molecule has 0 unspecified atom stereocenters. The highest BCUT2D eigenvalue weighted by atomic mass is 32.2. The lowest BCUT2D eigenvalue weighted by molar-refractivity contribution is 0.102. The number of nitrogens with one attached hydrogen (secondary N) is 2. The third-order valence-electron chi connectivity index (χ3n) is 6.92. The molecular formula is C25H33N9O3S. The summed E-state index contributed by atoms with van der Waals surface area (Å²) in [6.45, 7) is 3.70. The molecule has 1 fully saturated rings. The molecule has 1 aromatic carbocycles. The van der Waals surface area contributed by atoms with Gasteiger partial charge in [-0.15, -0.1) is 0 Å². The SMILES string of the molecule is Cc1cn2cc(NC(=O)c3ccc(N4CCC(N(C)C)CC4)c4cn(C)nc34)nc2c(CNS(C)(=O)=O)n1. The van der Waals surface area contributed by atoms with E-state index in [1.165, 1.54) is 0 Å². The number of piperidine rings is 1. The molecule has 0 aliphatic carbocycles. The van der Waals surface area contributed by atoms with Crippen molar-refractivity contribution in [2.45, 2.75) is 32.4 Å². The molecule has 0 saturated carbocycles. The van der Waals surface area contributed by atoms with E-state index in [4.69, 9.17) is 0 Å². The molecule has 4 heterocycles. The van der Waals surface area contributed by atoms with Crippen LogP contribution in [0.5, 0.6) is 0 Å². The van der Waals surface area contributed by atoms with Crippen molar-refractivity contribution in [3.63, 3.8) is 0 Å². The van der Waals surface area contributed by atoms with Gasteiger partial charge in [-0.3, -0.25) is 14.5 Å². The highest BCUT2D eigenvalue weighted by Gasteiger charge is 2.24. The van der Waals surface area contributed by atoms with Crippen molar-refractivity contribution < 1.29 is 13.2 Å². The molecule has 5 rings (SSSR count). The summed E-state index contributed by atoms with van der Waals surface area (Å²) in [6, 6.07) is 4.40. The standard InChI is InChI=1S/C25H33N9O3S/c1-16-13-34-15-22(28-24(34)20(27-16)12-26-38(5,36)37)29-25(35)18-6-7-21(19-14-32(4)30-23(18)19)33-10-8-17(9-11-33)31(2)3/h6-7,13-15,17,26H,8-12H2,1-5H3,(H,29,35). The van der Waals surface area contributed by atoms with Crippen LogP contribution >= 0.6 is 0 Å². The summed E-state index contributed by atoms with van der Waals surface area (Å²) in [7, 11) is 2.71. The van der Waals surface area contributed by atoms with Gasteiger partial charge in [0.15, 0.2) is 11.5 Å². The van der Waals surface area contributed by atoms with Crippen molar-refractivity contribution in [3.8, 4) is 0 Å². The topological polar surface area (TPSA) is 130 Å². The number of carbonyl (C=O) groups excluding carboxylic acids is 1. The minimum atomic E-state index is -3.40. The van der Waals surface area contributed by atoms with E-state index in [0.717, 1.165) is 43.3 Å². The second-order valence-corrected chi connectivity index (χ2v) is 11.9. The third kappa shape index (κ3) is 5.35. The zero-order chi connectivity index (χ0) is 27.2. The number of nitrogens with zero attached hydrogens (tertiary/aromatic N) is 7. The van der Waals surface area contributed by atoms with Crippen LogP contribution in [-0.2, 0) is 23.6 Å². The van der Waals surface area contributed by atoms with Crippen molar-refractivity contribution in [3.05, 3.63) is 47.7 Å². The van der Waals surface area contributed by atoms with Crippen molar-refractivity contribution in [1.29, 1.82) is 0 Å². The number of hydrogen-bond donors (Lipinski definition) is 2. The number of carbonyl (C=O) groups is 1. The number of imidazole rings is 1. The number of amides is 1. The van der Waals surface area contributed by atoms with Gasteiger partial charge in [-0.2, -0.15) is 5.10 Å². The van der Waals surface area contributed by atoms with Gasteiger partial charge in [-0.25, -0.2) is 18.1 Å². The largest absolute Gasteiger partial charge is 0.371 e. The molecule has 1 aliphatic heterocycles. The summed E-state index contributed by atoms with van der Waals surface area (Å²) < 4.78 is 29.1. The second-order valence-electron chi connectivity index (χ2n) is 10.1. The minimum absolute atomic E-state index is 0.00375. The molecule has 0 spiro atoms. The Kier molecular flexibility index (Phi) is 6.84. The maximum atomic E-state index is 13.4. The number of fused-ring (bicyclic) bond motifs is 2. The fraction of sp³-hybridized carbons (Fsp3) is 0.440. The van der Waals surface area contributed by atoms with Gasteiger partial charge in [0.05, 0.1) is 35.9 Å². The molecule has 1 aliphatic rings. The predicted molar refractivity (Wildman–Crippen MR) is 147 cm³/mol.